The van der Waals surface area contributed by atoms with E-state index in [0.29, 0.717) is 17.3 Å². The van der Waals surface area contributed by atoms with Crippen LogP contribution >= 0.6 is 11.6 Å². The lowest BCUT2D eigenvalue weighted by Gasteiger charge is -2.06. The van der Waals surface area contributed by atoms with Crippen LogP contribution in [0.25, 0.3) is 11.7 Å². The second kappa shape index (κ2) is 8.14. The fourth-order valence-corrected chi connectivity index (χ4v) is 4.12. The van der Waals surface area contributed by atoms with Gasteiger partial charge in [0.25, 0.3) is 5.89 Å². The van der Waals surface area contributed by atoms with Crippen molar-refractivity contribution in [2.24, 2.45) is 0 Å². The molecule has 1 N–H and O–H groups in total. The summed E-state index contributed by atoms with van der Waals surface area (Å²) in [6.45, 7) is 1.21. The van der Waals surface area contributed by atoms with Crippen LogP contribution in [0.15, 0.2) is 80.1 Å². The number of aromatic nitrogens is 3. The molecule has 0 saturated carbocycles. The number of hydrogen-bond donors (Lipinski definition) is 1. The zero-order valence-electron chi connectivity index (χ0n) is 15.2. The van der Waals surface area contributed by atoms with E-state index in [1.807, 2.05) is 10.8 Å². The molecule has 3 aromatic heterocycles. The van der Waals surface area contributed by atoms with E-state index in [1.165, 1.54) is 30.5 Å². The quantitative estimate of drug-likeness (QED) is 0.417. The van der Waals surface area contributed by atoms with E-state index in [-0.39, 0.29) is 21.7 Å². The van der Waals surface area contributed by atoms with E-state index < -0.39 is 9.84 Å². The van der Waals surface area contributed by atoms with Crippen molar-refractivity contribution in [3.8, 4) is 11.7 Å². The molecule has 0 aliphatic carbocycles. The molecule has 0 saturated heterocycles. The molecule has 0 aliphatic rings. The van der Waals surface area contributed by atoms with Crippen LogP contribution in [0.5, 0.6) is 0 Å². The monoisotopic (exact) mass is 432 g/mol. The summed E-state index contributed by atoms with van der Waals surface area (Å²) in [5.41, 5.74) is 0. The summed E-state index contributed by atoms with van der Waals surface area (Å²) in [6.07, 6.45) is 7.48. The van der Waals surface area contributed by atoms with Crippen molar-refractivity contribution < 1.29 is 17.3 Å². The third kappa shape index (κ3) is 4.20. The van der Waals surface area contributed by atoms with E-state index in [4.69, 9.17) is 20.4 Å². The molecule has 0 atom stereocenters. The van der Waals surface area contributed by atoms with Gasteiger partial charge in [-0.05, 0) is 42.8 Å². The predicted octanol–water partition coefficient (Wildman–Crippen LogP) is 4.12. The summed E-state index contributed by atoms with van der Waals surface area (Å²) >= 11 is 5.88. The maximum atomic E-state index is 13.1. The minimum atomic E-state index is -3.92. The van der Waals surface area contributed by atoms with Crippen LogP contribution in [0.4, 0.5) is 5.88 Å². The number of furan rings is 1. The average molecular weight is 433 g/mol. The van der Waals surface area contributed by atoms with Crippen LogP contribution in [0.3, 0.4) is 0 Å². The van der Waals surface area contributed by atoms with Crippen molar-refractivity contribution in [2.45, 2.75) is 22.9 Å². The first-order valence-electron chi connectivity index (χ1n) is 8.79. The van der Waals surface area contributed by atoms with E-state index in [1.54, 1.807) is 24.7 Å². The van der Waals surface area contributed by atoms with Crippen LogP contribution in [-0.4, -0.2) is 29.5 Å². The third-order valence-electron chi connectivity index (χ3n) is 4.14. The summed E-state index contributed by atoms with van der Waals surface area (Å²) in [5, 5.41) is 3.28. The molecule has 29 heavy (non-hydrogen) atoms. The molecule has 3 heterocycles. The molecule has 0 aliphatic heterocycles. The normalized spacial score (nSPS) is 11.6. The lowest BCUT2D eigenvalue weighted by molar-refractivity contribution is 0.521. The molecule has 0 fully saturated rings. The predicted molar refractivity (Wildman–Crippen MR) is 106 cm³/mol. The number of rotatable bonds is 8. The van der Waals surface area contributed by atoms with Crippen molar-refractivity contribution in [1.29, 1.82) is 0 Å². The first kappa shape index (κ1) is 19.3. The Bertz CT molecular complexity index is 1170. The summed E-state index contributed by atoms with van der Waals surface area (Å²) in [4.78, 5) is 8.26. The Morgan fingerprint density at radius 1 is 1.17 bits per heavy atom. The highest BCUT2D eigenvalue weighted by Gasteiger charge is 2.29. The Hall–Kier alpha value is -3.04. The molecular weight excluding hydrogens is 416 g/mol. The minimum absolute atomic E-state index is 0.0666. The Morgan fingerprint density at radius 3 is 2.69 bits per heavy atom. The van der Waals surface area contributed by atoms with Crippen molar-refractivity contribution in [2.75, 3.05) is 11.9 Å². The number of imidazole rings is 1. The molecule has 0 unspecified atom stereocenters. The molecule has 150 valence electrons. The Kier molecular flexibility index (Phi) is 5.41. The van der Waals surface area contributed by atoms with Crippen molar-refractivity contribution in [3.05, 3.63) is 66.4 Å². The molecule has 0 radical (unpaired) electrons. The van der Waals surface area contributed by atoms with E-state index in [2.05, 4.69) is 15.3 Å². The van der Waals surface area contributed by atoms with Gasteiger partial charge in [0, 0.05) is 30.5 Å². The molecule has 0 bridgehead atoms. The number of benzene rings is 1. The standard InChI is InChI=1S/C19H17ClN4O4S/c20-14-4-6-15(7-5-14)29(25,26)19-18(22-8-2-10-24-11-9-21-13-24)28-17(23-19)16-3-1-12-27-16/h1,3-7,9,11-13,22H,2,8,10H2. The minimum Gasteiger partial charge on any atom is -0.459 e. The molecule has 0 spiro atoms. The van der Waals surface area contributed by atoms with Gasteiger partial charge in [-0.15, -0.1) is 0 Å². The largest absolute Gasteiger partial charge is 0.459 e. The van der Waals surface area contributed by atoms with Gasteiger partial charge < -0.3 is 18.7 Å². The van der Waals surface area contributed by atoms with Gasteiger partial charge >= 0.3 is 0 Å². The molecule has 1 aromatic carbocycles. The van der Waals surface area contributed by atoms with E-state index >= 15 is 0 Å². The molecule has 4 rings (SSSR count). The van der Waals surface area contributed by atoms with Crippen LogP contribution in [0.2, 0.25) is 5.02 Å². The molecule has 8 nitrogen and oxygen atoms in total. The first-order valence-corrected chi connectivity index (χ1v) is 10.6. The number of nitrogens with zero attached hydrogens (tertiary/aromatic N) is 3. The van der Waals surface area contributed by atoms with Crippen molar-refractivity contribution in [1.82, 2.24) is 14.5 Å². The summed E-state index contributed by atoms with van der Waals surface area (Å²) < 4.78 is 39.1. The van der Waals surface area contributed by atoms with E-state index in [0.717, 1.165) is 13.0 Å². The number of aryl methyl sites for hydroxylation is 1. The van der Waals surface area contributed by atoms with Gasteiger partial charge in [-0.2, -0.15) is 4.98 Å². The maximum absolute atomic E-state index is 13.1. The summed E-state index contributed by atoms with van der Waals surface area (Å²) in [7, 11) is -3.92. The van der Waals surface area contributed by atoms with Crippen molar-refractivity contribution >= 4 is 27.3 Å². The second-order valence-corrected chi connectivity index (χ2v) is 8.47. The summed E-state index contributed by atoms with van der Waals surface area (Å²) in [5.74, 6) is 0.487. The Balaban J connectivity index is 1.61. The van der Waals surface area contributed by atoms with Gasteiger partial charge in [-0.3, -0.25) is 0 Å². The number of oxazole rings is 1. The number of halogens is 1. The highest BCUT2D eigenvalue weighted by atomic mass is 35.5. The Morgan fingerprint density at radius 2 is 2.00 bits per heavy atom. The number of nitrogens with one attached hydrogen (secondary N) is 1. The zero-order valence-corrected chi connectivity index (χ0v) is 16.7. The third-order valence-corrected chi connectivity index (χ3v) is 6.07. The van der Waals surface area contributed by atoms with Gasteiger partial charge in [-0.25, -0.2) is 13.4 Å². The molecule has 0 amide bonds. The lowest BCUT2D eigenvalue weighted by Crippen LogP contribution is -2.10. The second-order valence-electron chi connectivity index (χ2n) is 6.17. The van der Waals surface area contributed by atoms with Crippen molar-refractivity contribution in [3.63, 3.8) is 0 Å². The Labute approximate surface area is 172 Å². The zero-order chi connectivity index (χ0) is 20.3. The topological polar surface area (TPSA) is 103 Å². The van der Waals surface area contributed by atoms with Gasteiger partial charge in [0.15, 0.2) is 5.76 Å². The number of hydrogen-bond acceptors (Lipinski definition) is 7. The average Bonchev–Trinajstić information content (AvgIpc) is 3.47. The molecule has 10 heteroatoms. The smallest absolute Gasteiger partial charge is 0.266 e. The van der Waals surface area contributed by atoms with Gasteiger partial charge in [0.1, 0.15) is 0 Å². The van der Waals surface area contributed by atoms with Gasteiger partial charge in [0.05, 0.1) is 17.5 Å². The van der Waals surface area contributed by atoms with Crippen LogP contribution in [0.1, 0.15) is 6.42 Å². The SMILES string of the molecule is O=S(=O)(c1ccc(Cl)cc1)c1nc(-c2ccco2)oc1NCCCn1ccnc1. The van der Waals surface area contributed by atoms with Crippen LogP contribution in [-0.2, 0) is 16.4 Å². The molecule has 4 aromatic rings. The van der Waals surface area contributed by atoms with Crippen LogP contribution in [0, 0.1) is 0 Å². The number of anilines is 1. The van der Waals surface area contributed by atoms with Crippen LogP contribution < -0.4 is 5.32 Å². The maximum Gasteiger partial charge on any atom is 0.266 e. The summed E-state index contributed by atoms with van der Waals surface area (Å²) in [6, 6.07) is 9.21. The highest BCUT2D eigenvalue weighted by molar-refractivity contribution is 7.91. The first-order chi connectivity index (χ1) is 14.0. The van der Waals surface area contributed by atoms with E-state index in [9.17, 15) is 8.42 Å². The lowest BCUT2D eigenvalue weighted by atomic mass is 10.4. The van der Waals surface area contributed by atoms with Gasteiger partial charge in [-0.1, -0.05) is 11.6 Å². The highest BCUT2D eigenvalue weighted by Crippen LogP contribution is 2.32. The molecular formula is C19H17ClN4O4S. The number of sulfone groups is 1. The van der Waals surface area contributed by atoms with Gasteiger partial charge in [0.2, 0.25) is 20.7 Å². The fraction of sp³-hybridized carbons (Fsp3) is 0.158. The fourth-order valence-electron chi connectivity index (χ4n) is 2.71.